The Hall–Kier alpha value is -3.53. The molecule has 0 fully saturated rings. The first-order chi connectivity index (χ1) is 13.1. The van der Waals surface area contributed by atoms with Gasteiger partial charge in [0.2, 0.25) is 5.88 Å². The molecule has 3 aromatic heterocycles. The minimum Gasteiger partial charge on any atom is -0.471 e. The van der Waals surface area contributed by atoms with E-state index < -0.39 is 0 Å². The third kappa shape index (κ3) is 3.42. The Morgan fingerprint density at radius 3 is 2.93 bits per heavy atom. The first-order valence-corrected chi connectivity index (χ1v) is 8.64. The number of aryl methyl sites for hydroxylation is 1. The minimum absolute atomic E-state index is 0.159. The van der Waals surface area contributed by atoms with Gasteiger partial charge in [0.05, 0.1) is 31.5 Å². The van der Waals surface area contributed by atoms with Crippen LogP contribution in [0.5, 0.6) is 5.88 Å². The SMILES string of the molecule is Cc1ccoc1C(=O)N1Cc2cccn2C[C@H](Oc2ccc(C#N)cn2)C1. The number of fused-ring (bicyclic) bond motifs is 1. The highest BCUT2D eigenvalue weighted by molar-refractivity contribution is 5.92. The summed E-state index contributed by atoms with van der Waals surface area (Å²) in [4.78, 5) is 18.9. The number of carbonyl (C=O) groups excluding carboxylic acids is 1. The van der Waals surface area contributed by atoms with Gasteiger partial charge in [0.1, 0.15) is 12.2 Å². The molecular weight excluding hydrogens is 344 g/mol. The van der Waals surface area contributed by atoms with Gasteiger partial charge in [-0.3, -0.25) is 4.79 Å². The lowest BCUT2D eigenvalue weighted by molar-refractivity contribution is 0.0615. The van der Waals surface area contributed by atoms with Crippen LogP contribution in [-0.2, 0) is 13.1 Å². The fraction of sp³-hybridized carbons (Fsp3) is 0.250. The van der Waals surface area contributed by atoms with Crippen molar-refractivity contribution in [2.75, 3.05) is 6.54 Å². The van der Waals surface area contributed by atoms with Crippen molar-refractivity contribution in [3.8, 4) is 11.9 Å². The number of aromatic nitrogens is 2. The molecule has 1 amide bonds. The van der Waals surface area contributed by atoms with Crippen LogP contribution < -0.4 is 4.74 Å². The molecule has 0 aromatic carbocycles. The van der Waals surface area contributed by atoms with E-state index in [2.05, 4.69) is 9.55 Å². The summed E-state index contributed by atoms with van der Waals surface area (Å²) in [6.07, 6.45) is 4.70. The zero-order valence-electron chi connectivity index (χ0n) is 14.8. The van der Waals surface area contributed by atoms with Gasteiger partial charge in [-0.05, 0) is 31.2 Å². The van der Waals surface area contributed by atoms with Crippen molar-refractivity contribution in [2.45, 2.75) is 26.1 Å². The van der Waals surface area contributed by atoms with Gasteiger partial charge in [-0.25, -0.2) is 4.98 Å². The van der Waals surface area contributed by atoms with E-state index in [1.165, 1.54) is 12.5 Å². The van der Waals surface area contributed by atoms with Crippen LogP contribution >= 0.6 is 0 Å². The maximum Gasteiger partial charge on any atom is 0.290 e. The number of nitriles is 1. The highest BCUT2D eigenvalue weighted by Crippen LogP contribution is 2.21. The smallest absolute Gasteiger partial charge is 0.290 e. The second kappa shape index (κ2) is 7.00. The molecule has 0 radical (unpaired) electrons. The van der Waals surface area contributed by atoms with E-state index in [4.69, 9.17) is 14.4 Å². The summed E-state index contributed by atoms with van der Waals surface area (Å²) in [7, 11) is 0. The summed E-state index contributed by atoms with van der Waals surface area (Å²) < 4.78 is 13.5. The number of amides is 1. The van der Waals surface area contributed by atoms with E-state index in [-0.39, 0.29) is 12.0 Å². The summed E-state index contributed by atoms with van der Waals surface area (Å²) in [6, 6.07) is 11.1. The summed E-state index contributed by atoms with van der Waals surface area (Å²) >= 11 is 0. The molecule has 1 aliphatic heterocycles. The Balaban J connectivity index is 1.59. The lowest BCUT2D eigenvalue weighted by atomic mass is 10.2. The minimum atomic E-state index is -0.279. The number of rotatable bonds is 3. The molecule has 1 aliphatic rings. The highest BCUT2D eigenvalue weighted by Gasteiger charge is 2.29. The molecule has 0 saturated carbocycles. The number of carbonyl (C=O) groups is 1. The van der Waals surface area contributed by atoms with Crippen LogP contribution in [0.25, 0.3) is 0 Å². The molecule has 0 unspecified atom stereocenters. The number of furan rings is 1. The Bertz CT molecular complexity index is 997. The standard InChI is InChI=1S/C20H18N4O3/c1-14-6-8-26-19(14)20(25)24-11-16-3-2-7-23(16)12-17(13-24)27-18-5-4-15(9-21)10-22-18/h2-8,10,17H,11-13H2,1H3/t17-/m0/s1. The number of nitrogens with zero attached hydrogens (tertiary/aromatic N) is 4. The first-order valence-electron chi connectivity index (χ1n) is 8.64. The summed E-state index contributed by atoms with van der Waals surface area (Å²) in [5, 5.41) is 8.89. The summed E-state index contributed by atoms with van der Waals surface area (Å²) in [5.74, 6) is 0.620. The highest BCUT2D eigenvalue weighted by atomic mass is 16.5. The zero-order valence-corrected chi connectivity index (χ0v) is 14.8. The molecule has 0 aliphatic carbocycles. The van der Waals surface area contributed by atoms with E-state index in [0.717, 1.165) is 11.3 Å². The van der Waals surface area contributed by atoms with Crippen LogP contribution in [0.15, 0.2) is 53.4 Å². The lowest BCUT2D eigenvalue weighted by Crippen LogP contribution is -2.38. The monoisotopic (exact) mass is 362 g/mol. The van der Waals surface area contributed by atoms with Crippen molar-refractivity contribution in [3.05, 3.63) is 71.6 Å². The Morgan fingerprint density at radius 1 is 1.33 bits per heavy atom. The molecule has 0 bridgehead atoms. The predicted octanol–water partition coefficient (Wildman–Crippen LogP) is 2.76. The molecule has 3 aromatic rings. The van der Waals surface area contributed by atoms with Gasteiger partial charge >= 0.3 is 0 Å². The van der Waals surface area contributed by atoms with Crippen LogP contribution in [0, 0.1) is 18.3 Å². The van der Waals surface area contributed by atoms with Crippen LogP contribution in [0.2, 0.25) is 0 Å². The van der Waals surface area contributed by atoms with Gasteiger partial charge in [-0.2, -0.15) is 5.26 Å². The topological polar surface area (TPSA) is 84.3 Å². The maximum atomic E-state index is 13.0. The number of hydrogen-bond acceptors (Lipinski definition) is 5. The van der Waals surface area contributed by atoms with E-state index in [9.17, 15) is 4.79 Å². The Morgan fingerprint density at radius 2 is 2.22 bits per heavy atom. The molecule has 4 heterocycles. The molecule has 7 nitrogen and oxygen atoms in total. The molecule has 27 heavy (non-hydrogen) atoms. The normalized spacial score (nSPS) is 16.3. The van der Waals surface area contributed by atoms with Gasteiger partial charge in [0.15, 0.2) is 5.76 Å². The quantitative estimate of drug-likeness (QED) is 0.715. The van der Waals surface area contributed by atoms with E-state index in [1.54, 1.807) is 23.1 Å². The first kappa shape index (κ1) is 16.9. The second-order valence-electron chi connectivity index (χ2n) is 6.51. The van der Waals surface area contributed by atoms with Crippen LogP contribution in [-0.4, -0.2) is 33.0 Å². The van der Waals surface area contributed by atoms with Crippen molar-refractivity contribution in [1.82, 2.24) is 14.5 Å². The van der Waals surface area contributed by atoms with Crippen LogP contribution in [0.1, 0.15) is 27.4 Å². The molecule has 4 rings (SSSR count). The summed E-state index contributed by atoms with van der Waals surface area (Å²) in [5.41, 5.74) is 2.32. The zero-order chi connectivity index (χ0) is 18.8. The fourth-order valence-electron chi connectivity index (χ4n) is 3.21. The van der Waals surface area contributed by atoms with Gasteiger partial charge < -0.3 is 18.6 Å². The van der Waals surface area contributed by atoms with Gasteiger partial charge in [0, 0.05) is 29.7 Å². The maximum absolute atomic E-state index is 13.0. The molecule has 0 N–H and O–H groups in total. The van der Waals surface area contributed by atoms with Gasteiger partial charge in [0.25, 0.3) is 5.91 Å². The van der Waals surface area contributed by atoms with Gasteiger partial charge in [-0.15, -0.1) is 0 Å². The average molecular weight is 362 g/mol. The van der Waals surface area contributed by atoms with Crippen LogP contribution in [0.4, 0.5) is 0 Å². The average Bonchev–Trinajstić information content (AvgIpc) is 3.26. The molecule has 7 heteroatoms. The fourth-order valence-corrected chi connectivity index (χ4v) is 3.21. The third-order valence-corrected chi connectivity index (χ3v) is 4.60. The largest absolute Gasteiger partial charge is 0.471 e. The molecular formula is C20H18N4O3. The van der Waals surface area contributed by atoms with E-state index in [1.807, 2.05) is 31.3 Å². The van der Waals surface area contributed by atoms with Gasteiger partial charge in [-0.1, -0.05) is 0 Å². The summed E-state index contributed by atoms with van der Waals surface area (Å²) in [6.45, 7) is 3.34. The van der Waals surface area contributed by atoms with E-state index >= 15 is 0 Å². The third-order valence-electron chi connectivity index (χ3n) is 4.60. The molecule has 1 atom stereocenters. The molecule has 0 spiro atoms. The van der Waals surface area contributed by atoms with Crippen molar-refractivity contribution in [3.63, 3.8) is 0 Å². The van der Waals surface area contributed by atoms with Crippen molar-refractivity contribution >= 4 is 5.91 Å². The second-order valence-corrected chi connectivity index (χ2v) is 6.51. The number of pyridine rings is 1. The molecule has 136 valence electrons. The van der Waals surface area contributed by atoms with E-state index in [0.29, 0.717) is 36.8 Å². The Kier molecular flexibility index (Phi) is 4.38. The van der Waals surface area contributed by atoms with Crippen molar-refractivity contribution in [1.29, 1.82) is 5.26 Å². The predicted molar refractivity (Wildman–Crippen MR) is 96.0 cm³/mol. The lowest BCUT2D eigenvalue weighted by Gasteiger charge is -2.24. The Labute approximate surface area is 156 Å². The van der Waals surface area contributed by atoms with Crippen LogP contribution in [0.3, 0.4) is 0 Å². The number of hydrogen-bond donors (Lipinski definition) is 0. The van der Waals surface area contributed by atoms with Crippen molar-refractivity contribution < 1.29 is 13.9 Å². The van der Waals surface area contributed by atoms with Crippen molar-refractivity contribution in [2.24, 2.45) is 0 Å². The molecule has 0 saturated heterocycles. The number of ether oxygens (including phenoxy) is 1.